The van der Waals surface area contributed by atoms with Gasteiger partial charge < -0.3 is 5.32 Å². The van der Waals surface area contributed by atoms with Crippen LogP contribution >= 0.6 is 0 Å². The number of aromatic nitrogens is 3. The highest BCUT2D eigenvalue weighted by molar-refractivity contribution is 5.78. The predicted octanol–water partition coefficient (Wildman–Crippen LogP) is 2.57. The molecular formula is C19H27N5O. The minimum atomic E-state index is -0.193. The number of rotatable bonds is 4. The summed E-state index contributed by atoms with van der Waals surface area (Å²) in [5, 5.41) is 10.5. The lowest BCUT2D eigenvalue weighted by Gasteiger charge is -2.32. The van der Waals surface area contributed by atoms with Crippen molar-refractivity contribution in [3.63, 3.8) is 0 Å². The van der Waals surface area contributed by atoms with Gasteiger partial charge in [-0.1, -0.05) is 30.3 Å². The van der Waals surface area contributed by atoms with E-state index >= 15 is 0 Å². The summed E-state index contributed by atoms with van der Waals surface area (Å²) >= 11 is 0. The number of likely N-dealkylation sites (tertiary alicyclic amines) is 1. The second kappa shape index (κ2) is 7.35. The van der Waals surface area contributed by atoms with Gasteiger partial charge in [-0.15, -0.1) is 0 Å². The van der Waals surface area contributed by atoms with Crippen LogP contribution in [0.2, 0.25) is 0 Å². The number of aromatic amines is 1. The molecule has 1 amide bonds. The van der Waals surface area contributed by atoms with Gasteiger partial charge in [0, 0.05) is 23.6 Å². The van der Waals surface area contributed by atoms with Gasteiger partial charge in [0.15, 0.2) is 5.82 Å². The molecule has 2 aromatic rings. The zero-order chi connectivity index (χ0) is 17.9. The molecule has 3 rings (SSSR count). The summed E-state index contributed by atoms with van der Waals surface area (Å²) in [4.78, 5) is 19.1. The van der Waals surface area contributed by atoms with Gasteiger partial charge in [0.05, 0.1) is 6.54 Å². The molecule has 2 N–H and O–H groups in total. The summed E-state index contributed by atoms with van der Waals surface area (Å²) in [7, 11) is 0. The number of carbonyl (C=O) groups is 1. The maximum atomic E-state index is 12.2. The van der Waals surface area contributed by atoms with E-state index in [9.17, 15) is 4.79 Å². The van der Waals surface area contributed by atoms with Crippen LogP contribution in [0, 0.1) is 0 Å². The smallest absolute Gasteiger partial charge is 0.234 e. The molecule has 1 saturated heterocycles. The van der Waals surface area contributed by atoms with Crippen molar-refractivity contribution in [2.75, 3.05) is 19.6 Å². The molecule has 1 aromatic carbocycles. The largest absolute Gasteiger partial charge is 0.350 e. The SMILES string of the molecule is CC(C)(C)NC(=O)CN1CCCC(c2nc(-c3ccccc3)n[nH]2)C1. The Bertz CT molecular complexity index is 704. The summed E-state index contributed by atoms with van der Waals surface area (Å²) in [6, 6.07) is 9.98. The Kier molecular flexibility index (Phi) is 5.18. The average molecular weight is 341 g/mol. The number of nitrogens with one attached hydrogen (secondary N) is 2. The molecule has 0 saturated carbocycles. The minimum absolute atomic E-state index is 0.0793. The number of carbonyl (C=O) groups excluding carboxylic acids is 1. The zero-order valence-corrected chi connectivity index (χ0v) is 15.2. The zero-order valence-electron chi connectivity index (χ0n) is 15.2. The van der Waals surface area contributed by atoms with Crippen LogP contribution < -0.4 is 5.32 Å². The highest BCUT2D eigenvalue weighted by atomic mass is 16.2. The lowest BCUT2D eigenvalue weighted by atomic mass is 9.97. The highest BCUT2D eigenvalue weighted by Gasteiger charge is 2.26. The van der Waals surface area contributed by atoms with Gasteiger partial charge in [-0.2, -0.15) is 5.10 Å². The maximum absolute atomic E-state index is 12.2. The van der Waals surface area contributed by atoms with Crippen LogP contribution in [0.1, 0.15) is 45.4 Å². The Morgan fingerprint density at radius 3 is 2.80 bits per heavy atom. The number of H-pyrrole nitrogens is 1. The molecule has 6 nitrogen and oxygen atoms in total. The number of amides is 1. The highest BCUT2D eigenvalue weighted by Crippen LogP contribution is 2.25. The fourth-order valence-electron chi connectivity index (χ4n) is 3.26. The maximum Gasteiger partial charge on any atom is 0.234 e. The van der Waals surface area contributed by atoms with Gasteiger partial charge in [-0.3, -0.25) is 14.8 Å². The third-order valence-electron chi connectivity index (χ3n) is 4.31. The first-order chi connectivity index (χ1) is 11.9. The Morgan fingerprint density at radius 1 is 1.32 bits per heavy atom. The van der Waals surface area contributed by atoms with Crippen LogP contribution in [0.15, 0.2) is 30.3 Å². The number of benzene rings is 1. The fourth-order valence-corrected chi connectivity index (χ4v) is 3.26. The molecule has 0 bridgehead atoms. The Hall–Kier alpha value is -2.21. The Balaban J connectivity index is 1.62. The van der Waals surface area contributed by atoms with E-state index in [1.807, 2.05) is 51.1 Å². The second-order valence-corrected chi connectivity index (χ2v) is 7.78. The third-order valence-corrected chi connectivity index (χ3v) is 4.31. The van der Waals surface area contributed by atoms with Gasteiger partial charge in [-0.25, -0.2) is 4.98 Å². The molecule has 1 unspecified atom stereocenters. The van der Waals surface area contributed by atoms with E-state index in [4.69, 9.17) is 0 Å². The molecule has 0 radical (unpaired) electrons. The summed E-state index contributed by atoms with van der Waals surface area (Å²) < 4.78 is 0. The summed E-state index contributed by atoms with van der Waals surface area (Å²) in [5.74, 6) is 2.02. The van der Waals surface area contributed by atoms with Gasteiger partial charge in [0.1, 0.15) is 5.82 Å². The van der Waals surface area contributed by atoms with Crippen molar-refractivity contribution in [2.24, 2.45) is 0 Å². The molecule has 0 spiro atoms. The molecule has 0 aliphatic carbocycles. The van der Waals surface area contributed by atoms with Crippen molar-refractivity contribution in [2.45, 2.75) is 45.1 Å². The van der Waals surface area contributed by atoms with Gasteiger partial charge in [0.25, 0.3) is 0 Å². The third kappa shape index (κ3) is 4.89. The van der Waals surface area contributed by atoms with E-state index in [-0.39, 0.29) is 11.4 Å². The Morgan fingerprint density at radius 2 is 2.08 bits per heavy atom. The normalized spacial score (nSPS) is 18.9. The first kappa shape index (κ1) is 17.6. The van der Waals surface area contributed by atoms with Crippen molar-refractivity contribution in [3.05, 3.63) is 36.2 Å². The Labute approximate surface area is 149 Å². The first-order valence-corrected chi connectivity index (χ1v) is 8.92. The van der Waals surface area contributed by atoms with E-state index in [0.29, 0.717) is 12.5 Å². The average Bonchev–Trinajstić information content (AvgIpc) is 3.04. The number of hydrogen-bond acceptors (Lipinski definition) is 4. The molecule has 6 heteroatoms. The summed E-state index contributed by atoms with van der Waals surface area (Å²) in [6.07, 6.45) is 2.13. The van der Waals surface area contributed by atoms with Crippen molar-refractivity contribution in [3.8, 4) is 11.4 Å². The molecule has 1 aliphatic heterocycles. The molecule has 1 aliphatic rings. The predicted molar refractivity (Wildman–Crippen MR) is 98.1 cm³/mol. The van der Waals surface area contributed by atoms with Crippen molar-refractivity contribution < 1.29 is 4.79 Å². The van der Waals surface area contributed by atoms with E-state index < -0.39 is 0 Å². The summed E-state index contributed by atoms with van der Waals surface area (Å²) in [5.41, 5.74) is 0.823. The van der Waals surface area contributed by atoms with Crippen molar-refractivity contribution >= 4 is 5.91 Å². The number of hydrogen-bond donors (Lipinski definition) is 2. The molecule has 1 atom stereocenters. The monoisotopic (exact) mass is 341 g/mol. The van der Waals surface area contributed by atoms with E-state index in [1.165, 1.54) is 0 Å². The van der Waals surface area contributed by atoms with Gasteiger partial charge >= 0.3 is 0 Å². The molecule has 2 heterocycles. The van der Waals surface area contributed by atoms with Crippen molar-refractivity contribution in [1.29, 1.82) is 0 Å². The van der Waals surface area contributed by atoms with E-state index in [2.05, 4.69) is 25.4 Å². The molecular weight excluding hydrogens is 314 g/mol. The van der Waals surface area contributed by atoms with Crippen molar-refractivity contribution in [1.82, 2.24) is 25.4 Å². The number of piperidine rings is 1. The topological polar surface area (TPSA) is 73.9 Å². The summed E-state index contributed by atoms with van der Waals surface area (Å²) in [6.45, 7) is 8.23. The van der Waals surface area contributed by atoms with Crippen LogP contribution in [-0.4, -0.2) is 51.2 Å². The fraction of sp³-hybridized carbons (Fsp3) is 0.526. The van der Waals surface area contributed by atoms with Crippen LogP contribution in [0.3, 0.4) is 0 Å². The van der Waals surface area contributed by atoms with Crippen LogP contribution in [0.25, 0.3) is 11.4 Å². The standard InChI is InChI=1S/C19H27N5O/c1-19(2,3)21-16(25)13-24-11-7-10-15(12-24)18-20-17(22-23-18)14-8-5-4-6-9-14/h4-6,8-9,15H,7,10-13H2,1-3H3,(H,21,25)(H,20,22,23). The lowest BCUT2D eigenvalue weighted by Crippen LogP contribution is -2.47. The number of nitrogens with zero attached hydrogens (tertiary/aromatic N) is 3. The molecule has 1 aromatic heterocycles. The second-order valence-electron chi connectivity index (χ2n) is 7.78. The van der Waals surface area contributed by atoms with Gasteiger partial charge in [-0.05, 0) is 40.2 Å². The van der Waals surface area contributed by atoms with E-state index in [1.54, 1.807) is 0 Å². The minimum Gasteiger partial charge on any atom is -0.350 e. The van der Waals surface area contributed by atoms with Crippen LogP contribution in [-0.2, 0) is 4.79 Å². The lowest BCUT2D eigenvalue weighted by molar-refractivity contribution is -0.123. The van der Waals surface area contributed by atoms with Crippen LogP contribution in [0.4, 0.5) is 0 Å². The quantitative estimate of drug-likeness (QED) is 0.896. The molecule has 1 fully saturated rings. The van der Waals surface area contributed by atoms with Gasteiger partial charge in [0.2, 0.25) is 5.91 Å². The molecule has 134 valence electrons. The van der Waals surface area contributed by atoms with E-state index in [0.717, 1.165) is 43.1 Å². The first-order valence-electron chi connectivity index (χ1n) is 8.92. The molecule has 25 heavy (non-hydrogen) atoms. The van der Waals surface area contributed by atoms with Crippen LogP contribution in [0.5, 0.6) is 0 Å².